The van der Waals surface area contributed by atoms with Crippen molar-refractivity contribution in [3.63, 3.8) is 0 Å². The zero-order valence-corrected chi connectivity index (χ0v) is 9.93. The molecule has 1 aliphatic carbocycles. The van der Waals surface area contributed by atoms with E-state index in [1.165, 1.54) is 0 Å². The Labute approximate surface area is 102 Å². The number of hydrogen-bond donors (Lipinski definition) is 1. The summed E-state index contributed by atoms with van der Waals surface area (Å²) in [6.45, 7) is 0. The molecule has 1 aromatic rings. The molecule has 0 bridgehead atoms. The molecule has 0 aliphatic heterocycles. The monoisotopic (exact) mass is 230 g/mol. The Balaban J connectivity index is 2.38. The van der Waals surface area contributed by atoms with Gasteiger partial charge in [-0.15, -0.1) is 0 Å². The van der Waals surface area contributed by atoms with E-state index in [-0.39, 0.29) is 11.8 Å². The van der Waals surface area contributed by atoms with E-state index in [1.807, 2.05) is 30.3 Å². The van der Waals surface area contributed by atoms with Crippen LogP contribution in [0.4, 0.5) is 0 Å². The molecule has 2 heteroatoms. The first-order valence-corrected chi connectivity index (χ1v) is 6.18. The van der Waals surface area contributed by atoms with Crippen LogP contribution in [0.25, 0.3) is 0 Å². The van der Waals surface area contributed by atoms with Gasteiger partial charge in [0.25, 0.3) is 0 Å². The molecule has 2 rings (SSSR count). The Hall–Kier alpha value is -1.57. The van der Waals surface area contributed by atoms with Crippen LogP contribution in [-0.2, 0) is 10.2 Å². The second-order valence-electron chi connectivity index (χ2n) is 4.74. The van der Waals surface area contributed by atoms with E-state index in [9.17, 15) is 4.79 Å². The Bertz CT molecular complexity index is 408. The maximum absolute atomic E-state index is 11.1. The van der Waals surface area contributed by atoms with Crippen LogP contribution in [0.3, 0.4) is 0 Å². The standard InChI is InChI=1S/C15H18O2/c16-14(17)12-15(10-6-1-2-7-11-15)13-8-4-3-5-9-13/h3-6,8-10H,1-2,7,11-12H2,(H,16,17). The van der Waals surface area contributed by atoms with Gasteiger partial charge in [-0.1, -0.05) is 48.9 Å². The molecule has 0 amide bonds. The summed E-state index contributed by atoms with van der Waals surface area (Å²) in [5.41, 5.74) is 0.824. The van der Waals surface area contributed by atoms with Gasteiger partial charge in [0.1, 0.15) is 0 Å². The number of carbonyl (C=O) groups is 1. The van der Waals surface area contributed by atoms with Crippen LogP contribution >= 0.6 is 0 Å². The molecule has 1 atom stereocenters. The van der Waals surface area contributed by atoms with Gasteiger partial charge in [0.2, 0.25) is 0 Å². The highest BCUT2D eigenvalue weighted by Gasteiger charge is 2.32. The lowest BCUT2D eigenvalue weighted by Crippen LogP contribution is -2.26. The third-order valence-electron chi connectivity index (χ3n) is 3.50. The quantitative estimate of drug-likeness (QED) is 0.806. The molecule has 1 unspecified atom stereocenters. The highest BCUT2D eigenvalue weighted by Crippen LogP contribution is 2.37. The molecule has 0 radical (unpaired) electrons. The van der Waals surface area contributed by atoms with Crippen molar-refractivity contribution >= 4 is 5.97 Å². The molecular formula is C15H18O2. The number of benzene rings is 1. The zero-order valence-electron chi connectivity index (χ0n) is 9.93. The Kier molecular flexibility index (Phi) is 3.62. The van der Waals surface area contributed by atoms with Gasteiger partial charge < -0.3 is 5.11 Å². The molecule has 1 N–H and O–H groups in total. The first-order valence-electron chi connectivity index (χ1n) is 6.18. The van der Waals surface area contributed by atoms with Crippen molar-refractivity contribution in [1.29, 1.82) is 0 Å². The van der Waals surface area contributed by atoms with Crippen molar-refractivity contribution in [1.82, 2.24) is 0 Å². The molecule has 1 aliphatic rings. The summed E-state index contributed by atoms with van der Waals surface area (Å²) in [6.07, 6.45) is 8.69. The van der Waals surface area contributed by atoms with Crippen LogP contribution in [0.2, 0.25) is 0 Å². The second-order valence-corrected chi connectivity index (χ2v) is 4.74. The van der Waals surface area contributed by atoms with E-state index in [0.717, 1.165) is 31.2 Å². The fraction of sp³-hybridized carbons (Fsp3) is 0.400. The number of carboxylic acid groups (broad SMARTS) is 1. The largest absolute Gasteiger partial charge is 0.481 e. The molecule has 0 spiro atoms. The van der Waals surface area contributed by atoms with Crippen LogP contribution in [0.1, 0.15) is 37.7 Å². The molecule has 90 valence electrons. The summed E-state index contributed by atoms with van der Waals surface area (Å²) >= 11 is 0. The minimum Gasteiger partial charge on any atom is -0.481 e. The van der Waals surface area contributed by atoms with Gasteiger partial charge in [0.05, 0.1) is 6.42 Å². The predicted molar refractivity (Wildman–Crippen MR) is 68.0 cm³/mol. The Morgan fingerprint density at radius 2 is 2.00 bits per heavy atom. The van der Waals surface area contributed by atoms with E-state index in [2.05, 4.69) is 12.2 Å². The fourth-order valence-electron chi connectivity index (χ4n) is 2.62. The van der Waals surface area contributed by atoms with Crippen molar-refractivity contribution in [3.05, 3.63) is 48.0 Å². The average Bonchev–Trinajstić information content (AvgIpc) is 2.56. The first kappa shape index (κ1) is 11.9. The normalized spacial score (nSPS) is 24.2. The minimum atomic E-state index is -0.722. The summed E-state index contributed by atoms with van der Waals surface area (Å²) in [5.74, 6) is -0.722. The highest BCUT2D eigenvalue weighted by atomic mass is 16.4. The van der Waals surface area contributed by atoms with Crippen molar-refractivity contribution < 1.29 is 9.90 Å². The Morgan fingerprint density at radius 3 is 2.71 bits per heavy atom. The maximum atomic E-state index is 11.1. The maximum Gasteiger partial charge on any atom is 0.304 e. The van der Waals surface area contributed by atoms with E-state index in [4.69, 9.17) is 5.11 Å². The smallest absolute Gasteiger partial charge is 0.304 e. The van der Waals surface area contributed by atoms with Gasteiger partial charge in [0.15, 0.2) is 0 Å². The van der Waals surface area contributed by atoms with E-state index < -0.39 is 5.97 Å². The van der Waals surface area contributed by atoms with Crippen molar-refractivity contribution in [2.24, 2.45) is 0 Å². The lowest BCUT2D eigenvalue weighted by atomic mass is 9.74. The number of rotatable bonds is 3. The predicted octanol–water partition coefficient (Wildman–Crippen LogP) is 3.53. The van der Waals surface area contributed by atoms with E-state index >= 15 is 0 Å². The molecular weight excluding hydrogens is 212 g/mol. The minimum absolute atomic E-state index is 0.188. The van der Waals surface area contributed by atoms with Crippen molar-refractivity contribution in [3.8, 4) is 0 Å². The molecule has 0 saturated carbocycles. The van der Waals surface area contributed by atoms with Gasteiger partial charge in [-0.05, 0) is 24.8 Å². The fourth-order valence-corrected chi connectivity index (χ4v) is 2.62. The number of carboxylic acids is 1. The number of aliphatic carboxylic acids is 1. The van der Waals surface area contributed by atoms with Gasteiger partial charge in [-0.2, -0.15) is 0 Å². The summed E-state index contributed by atoms with van der Waals surface area (Å²) in [4.78, 5) is 11.1. The van der Waals surface area contributed by atoms with E-state index in [1.54, 1.807) is 0 Å². The van der Waals surface area contributed by atoms with Gasteiger partial charge in [-0.25, -0.2) is 0 Å². The number of hydrogen-bond acceptors (Lipinski definition) is 1. The molecule has 0 saturated heterocycles. The summed E-state index contributed by atoms with van der Waals surface area (Å²) in [5, 5.41) is 9.15. The lowest BCUT2D eigenvalue weighted by Gasteiger charge is -2.29. The van der Waals surface area contributed by atoms with Crippen molar-refractivity contribution in [2.75, 3.05) is 0 Å². The van der Waals surface area contributed by atoms with Crippen molar-refractivity contribution in [2.45, 2.75) is 37.5 Å². The zero-order chi connectivity index (χ0) is 12.1. The average molecular weight is 230 g/mol. The second kappa shape index (κ2) is 5.17. The molecule has 2 nitrogen and oxygen atoms in total. The lowest BCUT2D eigenvalue weighted by molar-refractivity contribution is -0.138. The highest BCUT2D eigenvalue weighted by molar-refractivity contribution is 5.70. The number of allylic oxidation sites excluding steroid dienone is 2. The topological polar surface area (TPSA) is 37.3 Å². The third kappa shape index (κ3) is 2.76. The molecule has 1 aromatic carbocycles. The molecule has 0 fully saturated rings. The van der Waals surface area contributed by atoms with E-state index in [0.29, 0.717) is 0 Å². The summed E-state index contributed by atoms with van der Waals surface area (Å²) in [7, 11) is 0. The summed E-state index contributed by atoms with van der Waals surface area (Å²) in [6, 6.07) is 10.0. The van der Waals surface area contributed by atoms with Crippen LogP contribution in [0.15, 0.2) is 42.5 Å². The SMILES string of the molecule is O=C(O)CC1(c2ccccc2)C=CCCCC1. The Morgan fingerprint density at radius 1 is 1.24 bits per heavy atom. The van der Waals surface area contributed by atoms with Gasteiger partial charge in [-0.3, -0.25) is 4.79 Å². The molecule has 17 heavy (non-hydrogen) atoms. The molecule has 0 heterocycles. The van der Waals surface area contributed by atoms with Gasteiger partial charge in [0, 0.05) is 5.41 Å². The first-order chi connectivity index (χ1) is 8.23. The molecule has 0 aromatic heterocycles. The van der Waals surface area contributed by atoms with Crippen LogP contribution in [-0.4, -0.2) is 11.1 Å². The summed E-state index contributed by atoms with van der Waals surface area (Å²) < 4.78 is 0. The van der Waals surface area contributed by atoms with Crippen LogP contribution in [0.5, 0.6) is 0 Å². The van der Waals surface area contributed by atoms with Gasteiger partial charge >= 0.3 is 5.97 Å². The third-order valence-corrected chi connectivity index (χ3v) is 3.50. The van der Waals surface area contributed by atoms with Crippen LogP contribution in [0, 0.1) is 0 Å². The van der Waals surface area contributed by atoms with Crippen LogP contribution < -0.4 is 0 Å².